The molecule has 0 N–H and O–H groups in total. The van der Waals surface area contributed by atoms with Crippen LogP contribution in [0.25, 0.3) is 0 Å². The van der Waals surface area contributed by atoms with Crippen LogP contribution < -0.4 is 4.74 Å². The van der Waals surface area contributed by atoms with Crippen molar-refractivity contribution in [1.29, 1.82) is 0 Å². The third-order valence-electron chi connectivity index (χ3n) is 1.87. The molecular weight excluding hydrogens is 437 g/mol. The molecule has 0 bridgehead atoms. The fourth-order valence-electron chi connectivity index (χ4n) is 1.14. The lowest BCUT2D eigenvalue weighted by molar-refractivity contribution is 0.456. The fraction of sp³-hybridized carbons (Fsp3) is 0. The molecule has 1 aromatic heterocycles. The van der Waals surface area contributed by atoms with Crippen molar-refractivity contribution in [3.8, 4) is 11.6 Å². The number of nitrogens with zero attached hydrogens (tertiary/aromatic N) is 1. The van der Waals surface area contributed by atoms with E-state index in [1.807, 2.05) is 6.07 Å². The topological polar surface area (TPSA) is 22.1 Å². The van der Waals surface area contributed by atoms with E-state index in [0.717, 1.165) is 13.4 Å². The predicted octanol–water partition coefficient (Wildman–Crippen LogP) is 5.81. The molecule has 0 saturated heterocycles. The Bertz CT molecular complexity index is 513. The Morgan fingerprint density at radius 2 is 1.82 bits per heavy atom. The second kappa shape index (κ2) is 5.69. The van der Waals surface area contributed by atoms with Crippen LogP contribution in [0.3, 0.4) is 0 Å². The molecule has 0 unspecified atom stereocenters. The summed E-state index contributed by atoms with van der Waals surface area (Å²) in [7, 11) is 0. The van der Waals surface area contributed by atoms with E-state index >= 15 is 0 Å². The summed E-state index contributed by atoms with van der Waals surface area (Å²) in [6.07, 6.45) is 1.67. The van der Waals surface area contributed by atoms with Crippen LogP contribution in [-0.2, 0) is 0 Å². The van der Waals surface area contributed by atoms with Gasteiger partial charge in [0.2, 0.25) is 5.88 Å². The maximum absolute atomic E-state index is 5.86. The van der Waals surface area contributed by atoms with Gasteiger partial charge in [0.25, 0.3) is 0 Å². The third kappa shape index (κ3) is 3.44. The van der Waals surface area contributed by atoms with Crippen molar-refractivity contribution in [2.75, 3.05) is 0 Å². The van der Waals surface area contributed by atoms with Crippen molar-refractivity contribution in [2.24, 2.45) is 0 Å². The van der Waals surface area contributed by atoms with Crippen molar-refractivity contribution >= 4 is 59.4 Å². The van der Waals surface area contributed by atoms with Gasteiger partial charge < -0.3 is 4.74 Å². The molecule has 2 aromatic rings. The van der Waals surface area contributed by atoms with Crippen LogP contribution in [0.4, 0.5) is 0 Å². The highest BCUT2D eigenvalue weighted by Gasteiger charge is 2.08. The first-order valence-corrected chi connectivity index (χ1v) is 7.26. The highest BCUT2D eigenvalue weighted by Crippen LogP contribution is 2.34. The number of benzene rings is 1. The number of rotatable bonds is 2. The quantitative estimate of drug-likeness (QED) is 0.585. The Balaban J connectivity index is 2.31. The first kappa shape index (κ1) is 13.3. The summed E-state index contributed by atoms with van der Waals surface area (Å²) in [5.74, 6) is 1.15. The molecule has 0 amide bonds. The van der Waals surface area contributed by atoms with Gasteiger partial charge >= 0.3 is 0 Å². The van der Waals surface area contributed by atoms with E-state index in [1.165, 1.54) is 0 Å². The van der Waals surface area contributed by atoms with Gasteiger partial charge in [0.05, 0.1) is 8.95 Å². The average Bonchev–Trinajstić information content (AvgIpc) is 2.25. The lowest BCUT2D eigenvalue weighted by Gasteiger charge is -2.08. The van der Waals surface area contributed by atoms with Gasteiger partial charge in [-0.05, 0) is 72.1 Å². The van der Waals surface area contributed by atoms with E-state index in [4.69, 9.17) is 16.3 Å². The Morgan fingerprint density at radius 3 is 2.47 bits per heavy atom. The van der Waals surface area contributed by atoms with E-state index in [-0.39, 0.29) is 0 Å². The third-order valence-corrected chi connectivity index (χ3v) is 3.73. The van der Waals surface area contributed by atoms with E-state index in [2.05, 4.69) is 52.8 Å². The van der Waals surface area contributed by atoms with Crippen LogP contribution in [0.1, 0.15) is 0 Å². The van der Waals surface area contributed by atoms with Gasteiger partial charge in [-0.15, -0.1) is 0 Å². The number of hydrogen-bond acceptors (Lipinski definition) is 2. The molecule has 0 atom stereocenters. The van der Waals surface area contributed by atoms with Crippen molar-refractivity contribution in [2.45, 2.75) is 0 Å². The lowest BCUT2D eigenvalue weighted by Crippen LogP contribution is -1.90. The Hall–Kier alpha value is -0.100. The minimum Gasteiger partial charge on any atom is -0.437 e. The second-order valence-electron chi connectivity index (χ2n) is 3.12. The lowest BCUT2D eigenvalue weighted by atomic mass is 10.3. The van der Waals surface area contributed by atoms with Crippen LogP contribution in [0.5, 0.6) is 11.6 Å². The summed E-state index contributed by atoms with van der Waals surface area (Å²) in [4.78, 5) is 4.17. The molecule has 1 heterocycles. The van der Waals surface area contributed by atoms with Crippen LogP contribution in [-0.4, -0.2) is 4.98 Å². The maximum atomic E-state index is 5.86. The molecule has 88 valence electrons. The van der Waals surface area contributed by atoms with Gasteiger partial charge in [-0.2, -0.15) is 0 Å². The van der Waals surface area contributed by atoms with Gasteiger partial charge in [0, 0.05) is 15.7 Å². The summed E-state index contributed by atoms with van der Waals surface area (Å²) in [5, 5.41) is 0.645. The van der Waals surface area contributed by atoms with E-state index in [1.54, 1.807) is 24.4 Å². The van der Waals surface area contributed by atoms with Crippen molar-refractivity contribution in [3.63, 3.8) is 0 Å². The molecule has 0 spiro atoms. The van der Waals surface area contributed by atoms with E-state index in [0.29, 0.717) is 16.7 Å². The average molecular weight is 442 g/mol. The SMILES string of the molecule is Clc1ccc(Oc2ncc(Br)cc2Br)c(Br)c1. The van der Waals surface area contributed by atoms with Crippen LogP contribution in [0.15, 0.2) is 43.9 Å². The minimum absolute atomic E-state index is 0.497. The van der Waals surface area contributed by atoms with Crippen LogP contribution >= 0.6 is 59.4 Å². The first-order valence-electron chi connectivity index (χ1n) is 4.50. The molecule has 0 radical (unpaired) electrons. The number of aromatic nitrogens is 1. The Morgan fingerprint density at radius 1 is 1.06 bits per heavy atom. The van der Waals surface area contributed by atoms with Gasteiger partial charge in [-0.1, -0.05) is 11.6 Å². The highest BCUT2D eigenvalue weighted by atomic mass is 79.9. The molecular formula is C11H5Br3ClNO. The van der Waals surface area contributed by atoms with Crippen LogP contribution in [0.2, 0.25) is 5.02 Å². The Labute approximate surface area is 129 Å². The molecule has 0 aliphatic heterocycles. The zero-order valence-electron chi connectivity index (χ0n) is 8.25. The number of ether oxygens (including phenoxy) is 1. The minimum atomic E-state index is 0.497. The van der Waals surface area contributed by atoms with Gasteiger partial charge in [0.15, 0.2) is 0 Å². The van der Waals surface area contributed by atoms with E-state index in [9.17, 15) is 0 Å². The van der Waals surface area contributed by atoms with Crippen molar-refractivity contribution in [3.05, 3.63) is 48.9 Å². The molecule has 6 heteroatoms. The number of hydrogen-bond donors (Lipinski definition) is 0. The smallest absolute Gasteiger partial charge is 0.233 e. The summed E-state index contributed by atoms with van der Waals surface area (Å²) in [5.41, 5.74) is 0. The predicted molar refractivity (Wildman–Crippen MR) is 78.9 cm³/mol. The summed E-state index contributed by atoms with van der Waals surface area (Å²) in [6, 6.07) is 7.17. The molecule has 0 fully saturated rings. The molecule has 0 aliphatic carbocycles. The zero-order valence-corrected chi connectivity index (χ0v) is 13.8. The monoisotopic (exact) mass is 439 g/mol. The van der Waals surface area contributed by atoms with Gasteiger partial charge in [-0.25, -0.2) is 4.98 Å². The molecule has 2 nitrogen and oxygen atoms in total. The van der Waals surface area contributed by atoms with E-state index < -0.39 is 0 Å². The van der Waals surface area contributed by atoms with Crippen molar-refractivity contribution < 1.29 is 4.74 Å². The summed E-state index contributed by atoms with van der Waals surface area (Å²) < 4.78 is 8.10. The molecule has 1 aromatic carbocycles. The number of halogens is 4. The van der Waals surface area contributed by atoms with Gasteiger partial charge in [0.1, 0.15) is 5.75 Å². The van der Waals surface area contributed by atoms with Crippen LogP contribution in [0, 0.1) is 0 Å². The maximum Gasteiger partial charge on any atom is 0.233 e. The van der Waals surface area contributed by atoms with Crippen molar-refractivity contribution in [1.82, 2.24) is 4.98 Å². The highest BCUT2D eigenvalue weighted by molar-refractivity contribution is 9.11. The zero-order chi connectivity index (χ0) is 12.4. The molecule has 2 rings (SSSR count). The second-order valence-corrected chi connectivity index (χ2v) is 6.18. The summed E-state index contributed by atoms with van der Waals surface area (Å²) in [6.45, 7) is 0. The first-order chi connectivity index (χ1) is 8.06. The van der Waals surface area contributed by atoms with Gasteiger partial charge in [-0.3, -0.25) is 0 Å². The molecule has 17 heavy (non-hydrogen) atoms. The standard InChI is InChI=1S/C11H5Br3ClNO/c12-6-3-9(14)11(16-5-6)17-10-2-1-7(15)4-8(10)13/h1-5H. The normalized spacial score (nSPS) is 10.4. The number of pyridine rings is 1. The Kier molecular flexibility index (Phi) is 4.47. The summed E-state index contributed by atoms with van der Waals surface area (Å²) >= 11 is 16.0. The largest absolute Gasteiger partial charge is 0.437 e. The molecule has 0 aliphatic rings. The molecule has 0 saturated carbocycles. The fourth-order valence-corrected chi connectivity index (χ4v) is 2.97.